The lowest BCUT2D eigenvalue weighted by Crippen LogP contribution is -2.22. The first kappa shape index (κ1) is 11.4. The summed E-state index contributed by atoms with van der Waals surface area (Å²) in [6.07, 6.45) is -1.96. The fourth-order valence-electron chi connectivity index (χ4n) is 2.09. The van der Waals surface area contributed by atoms with E-state index in [4.69, 9.17) is 0 Å². The van der Waals surface area contributed by atoms with Gasteiger partial charge in [0.2, 0.25) is 0 Å². The molecule has 2 unspecified atom stereocenters. The molecule has 88 valence electrons. The lowest BCUT2D eigenvalue weighted by molar-refractivity contribution is 0.0572. The van der Waals surface area contributed by atoms with Gasteiger partial charge in [-0.2, -0.15) is 0 Å². The normalized spacial score (nSPS) is 27.1. The van der Waals surface area contributed by atoms with Crippen LogP contribution in [0.25, 0.3) is 0 Å². The van der Waals surface area contributed by atoms with Crippen LogP contribution >= 0.6 is 0 Å². The van der Waals surface area contributed by atoms with Gasteiger partial charge in [-0.05, 0) is 13.0 Å². The van der Waals surface area contributed by atoms with Crippen molar-refractivity contribution in [2.75, 3.05) is 18.0 Å². The van der Waals surface area contributed by atoms with Gasteiger partial charge in [-0.3, -0.25) is 0 Å². The Bertz CT molecular complexity index is 357. The van der Waals surface area contributed by atoms with Gasteiger partial charge in [-0.15, -0.1) is 0 Å². The summed E-state index contributed by atoms with van der Waals surface area (Å²) in [4.78, 5) is 1.90. The van der Waals surface area contributed by atoms with E-state index in [1.807, 2.05) is 29.2 Å². The summed E-state index contributed by atoms with van der Waals surface area (Å²) in [5.41, 5.74) is 1.71. The molecule has 0 radical (unpaired) electrons. The van der Waals surface area contributed by atoms with Crippen LogP contribution in [0.5, 0.6) is 0 Å². The third-order valence-electron chi connectivity index (χ3n) is 2.99. The van der Waals surface area contributed by atoms with Gasteiger partial charge in [-0.25, -0.2) is 0 Å². The number of aliphatic hydroxyl groups is 3. The van der Waals surface area contributed by atoms with E-state index in [0.717, 1.165) is 11.3 Å². The smallest absolute Gasteiger partial charge is 0.0990 e. The topological polar surface area (TPSA) is 63.9 Å². The van der Waals surface area contributed by atoms with Gasteiger partial charge < -0.3 is 20.2 Å². The number of benzene rings is 1. The minimum absolute atomic E-state index is 0.408. The summed E-state index contributed by atoms with van der Waals surface area (Å²) in [6, 6.07) is 7.51. The van der Waals surface area contributed by atoms with E-state index < -0.39 is 18.3 Å². The average molecular weight is 223 g/mol. The molecule has 1 aliphatic rings. The number of aliphatic hydroxyl groups excluding tert-OH is 3. The van der Waals surface area contributed by atoms with E-state index in [1.54, 1.807) is 6.92 Å². The van der Waals surface area contributed by atoms with Gasteiger partial charge in [0.1, 0.15) is 0 Å². The fraction of sp³-hybridized carbons (Fsp3) is 0.500. The largest absolute Gasteiger partial charge is 0.389 e. The molecule has 3 atom stereocenters. The molecular formula is C12H17NO3. The molecule has 0 amide bonds. The summed E-state index contributed by atoms with van der Waals surface area (Å²) < 4.78 is 0. The molecule has 0 bridgehead atoms. The molecule has 3 N–H and O–H groups in total. The number of β-amino-alcohol motifs (C(OH)–C–C–N with tert-alkyl or cyclic N) is 2. The fourth-order valence-corrected chi connectivity index (χ4v) is 2.09. The molecule has 16 heavy (non-hydrogen) atoms. The van der Waals surface area contributed by atoms with Crippen molar-refractivity contribution in [3.63, 3.8) is 0 Å². The van der Waals surface area contributed by atoms with Crippen LogP contribution in [0, 0.1) is 0 Å². The summed E-state index contributed by atoms with van der Waals surface area (Å²) in [5, 5.41) is 28.7. The monoisotopic (exact) mass is 223 g/mol. The highest BCUT2D eigenvalue weighted by molar-refractivity contribution is 5.55. The van der Waals surface area contributed by atoms with E-state index in [2.05, 4.69) is 0 Å². The molecule has 1 heterocycles. The van der Waals surface area contributed by atoms with Gasteiger partial charge in [0.25, 0.3) is 0 Å². The minimum Gasteiger partial charge on any atom is -0.389 e. The molecular weight excluding hydrogens is 206 g/mol. The molecule has 1 saturated heterocycles. The van der Waals surface area contributed by atoms with Crippen LogP contribution in [0.1, 0.15) is 18.6 Å². The predicted octanol–water partition coefficient (Wildman–Crippen LogP) is 0.282. The van der Waals surface area contributed by atoms with Gasteiger partial charge in [0.15, 0.2) is 0 Å². The minimum atomic E-state index is -0.706. The van der Waals surface area contributed by atoms with Crippen molar-refractivity contribution < 1.29 is 15.3 Å². The SMILES string of the molecule is C[C@H](O)c1ccccc1N1CC(O)C(O)C1. The van der Waals surface area contributed by atoms with E-state index in [9.17, 15) is 15.3 Å². The first-order valence-electron chi connectivity index (χ1n) is 5.47. The van der Waals surface area contributed by atoms with Crippen molar-refractivity contribution in [3.8, 4) is 0 Å². The Morgan fingerprint density at radius 1 is 1.19 bits per heavy atom. The lowest BCUT2D eigenvalue weighted by Gasteiger charge is -2.22. The van der Waals surface area contributed by atoms with Crippen molar-refractivity contribution >= 4 is 5.69 Å². The summed E-state index contributed by atoms with van der Waals surface area (Å²) in [7, 11) is 0. The van der Waals surface area contributed by atoms with Gasteiger partial charge in [0.05, 0.1) is 18.3 Å². The van der Waals surface area contributed by atoms with Crippen molar-refractivity contribution in [1.29, 1.82) is 0 Å². The number of nitrogens with zero attached hydrogens (tertiary/aromatic N) is 1. The first-order chi connectivity index (χ1) is 7.59. The quantitative estimate of drug-likeness (QED) is 0.674. The zero-order valence-electron chi connectivity index (χ0n) is 9.24. The molecule has 0 aromatic heterocycles. The molecule has 1 aromatic rings. The van der Waals surface area contributed by atoms with E-state index >= 15 is 0 Å². The third kappa shape index (κ3) is 2.04. The van der Waals surface area contributed by atoms with Crippen LogP contribution in [0.4, 0.5) is 5.69 Å². The summed E-state index contributed by atoms with van der Waals surface area (Å²) in [6.45, 7) is 2.53. The highest BCUT2D eigenvalue weighted by Crippen LogP contribution is 2.28. The molecule has 4 heteroatoms. The maximum absolute atomic E-state index is 9.65. The second-order valence-electron chi connectivity index (χ2n) is 4.27. The Labute approximate surface area is 94.8 Å². The van der Waals surface area contributed by atoms with Crippen molar-refractivity contribution in [2.45, 2.75) is 25.2 Å². The highest BCUT2D eigenvalue weighted by Gasteiger charge is 2.30. The molecule has 4 nitrogen and oxygen atoms in total. The zero-order valence-corrected chi connectivity index (χ0v) is 9.24. The molecule has 0 spiro atoms. The van der Waals surface area contributed by atoms with Crippen molar-refractivity contribution in [1.82, 2.24) is 0 Å². The van der Waals surface area contributed by atoms with Gasteiger partial charge in [0, 0.05) is 24.3 Å². The predicted molar refractivity (Wildman–Crippen MR) is 61.3 cm³/mol. The Balaban J connectivity index is 2.27. The standard InChI is InChI=1S/C12H17NO3/c1-8(14)9-4-2-3-5-10(9)13-6-11(15)12(16)7-13/h2-5,8,11-12,14-16H,6-7H2,1H3/t8-,11?,12?/m0/s1. The maximum Gasteiger partial charge on any atom is 0.0990 e. The Morgan fingerprint density at radius 2 is 1.75 bits per heavy atom. The molecule has 1 aliphatic heterocycles. The number of hydrogen-bond donors (Lipinski definition) is 3. The summed E-state index contributed by atoms with van der Waals surface area (Å²) in [5.74, 6) is 0. The third-order valence-corrected chi connectivity index (χ3v) is 2.99. The van der Waals surface area contributed by atoms with Crippen molar-refractivity contribution in [2.24, 2.45) is 0 Å². The van der Waals surface area contributed by atoms with Gasteiger partial charge >= 0.3 is 0 Å². The molecule has 1 fully saturated rings. The molecule has 1 aromatic carbocycles. The molecule has 2 rings (SSSR count). The van der Waals surface area contributed by atoms with Gasteiger partial charge in [-0.1, -0.05) is 18.2 Å². The van der Waals surface area contributed by atoms with E-state index in [0.29, 0.717) is 13.1 Å². The number of para-hydroxylation sites is 1. The number of anilines is 1. The second-order valence-corrected chi connectivity index (χ2v) is 4.27. The van der Waals surface area contributed by atoms with E-state index in [-0.39, 0.29) is 0 Å². The maximum atomic E-state index is 9.65. The second kappa shape index (κ2) is 4.41. The van der Waals surface area contributed by atoms with Crippen LogP contribution < -0.4 is 4.90 Å². The lowest BCUT2D eigenvalue weighted by atomic mass is 10.1. The Morgan fingerprint density at radius 3 is 2.31 bits per heavy atom. The number of rotatable bonds is 2. The zero-order chi connectivity index (χ0) is 11.7. The molecule has 0 aliphatic carbocycles. The average Bonchev–Trinajstić information content (AvgIpc) is 2.59. The highest BCUT2D eigenvalue weighted by atomic mass is 16.3. The first-order valence-corrected chi connectivity index (χ1v) is 5.47. The van der Waals surface area contributed by atoms with Crippen LogP contribution in [0.15, 0.2) is 24.3 Å². The van der Waals surface area contributed by atoms with Crippen LogP contribution in [0.2, 0.25) is 0 Å². The van der Waals surface area contributed by atoms with Crippen LogP contribution in [0.3, 0.4) is 0 Å². The Kier molecular flexibility index (Phi) is 3.14. The van der Waals surface area contributed by atoms with Crippen LogP contribution in [-0.4, -0.2) is 40.6 Å². The summed E-state index contributed by atoms with van der Waals surface area (Å²) >= 11 is 0. The van der Waals surface area contributed by atoms with Crippen LogP contribution in [-0.2, 0) is 0 Å². The molecule has 0 saturated carbocycles. The Hall–Kier alpha value is -1.10. The van der Waals surface area contributed by atoms with E-state index in [1.165, 1.54) is 0 Å². The number of hydrogen-bond acceptors (Lipinski definition) is 4. The van der Waals surface area contributed by atoms with Crippen molar-refractivity contribution in [3.05, 3.63) is 29.8 Å².